The molecule has 0 unspecified atom stereocenters. The van der Waals surface area contributed by atoms with Crippen LogP contribution in [0.15, 0.2) is 0 Å². The van der Waals surface area contributed by atoms with Crippen LogP contribution in [-0.4, -0.2) is 10.2 Å². The molecule has 0 bridgehead atoms. The fourth-order valence-corrected chi connectivity index (χ4v) is 0.765. The fourth-order valence-electron chi connectivity index (χ4n) is 0.765. The van der Waals surface area contributed by atoms with Crippen LogP contribution in [0.25, 0.3) is 0 Å². The molecule has 0 aromatic carbocycles. The number of nitrogens with one attached hydrogen (secondary N) is 1. The zero-order valence-electron chi connectivity index (χ0n) is 5.31. The Morgan fingerprint density at radius 3 is 2.44 bits per heavy atom. The molecule has 0 aliphatic rings. The SMILES string of the molecule is CCc1c(N)n[nH]c1N. The van der Waals surface area contributed by atoms with Gasteiger partial charge in [0.25, 0.3) is 0 Å². The van der Waals surface area contributed by atoms with Gasteiger partial charge in [-0.25, -0.2) is 0 Å². The Morgan fingerprint density at radius 1 is 1.56 bits per heavy atom. The highest BCUT2D eigenvalue weighted by Gasteiger charge is 2.02. The van der Waals surface area contributed by atoms with E-state index in [4.69, 9.17) is 11.5 Å². The van der Waals surface area contributed by atoms with Gasteiger partial charge in [-0.1, -0.05) is 6.92 Å². The summed E-state index contributed by atoms with van der Waals surface area (Å²) in [4.78, 5) is 0. The molecule has 1 rings (SSSR count). The molecule has 9 heavy (non-hydrogen) atoms. The summed E-state index contributed by atoms with van der Waals surface area (Å²) in [6.07, 6.45) is 0.828. The number of nitrogens with zero attached hydrogens (tertiary/aromatic N) is 1. The van der Waals surface area contributed by atoms with Crippen LogP contribution in [0.2, 0.25) is 0 Å². The molecule has 1 aromatic heterocycles. The first kappa shape index (κ1) is 5.94. The van der Waals surface area contributed by atoms with Crippen LogP contribution in [0.4, 0.5) is 11.6 Å². The molecule has 0 atom stereocenters. The van der Waals surface area contributed by atoms with Gasteiger partial charge < -0.3 is 11.5 Å². The Hall–Kier alpha value is -1.19. The largest absolute Gasteiger partial charge is 0.384 e. The van der Waals surface area contributed by atoms with E-state index in [0.29, 0.717) is 11.6 Å². The zero-order valence-corrected chi connectivity index (χ0v) is 5.31. The lowest BCUT2D eigenvalue weighted by atomic mass is 10.2. The average molecular weight is 126 g/mol. The van der Waals surface area contributed by atoms with E-state index in [-0.39, 0.29) is 0 Å². The van der Waals surface area contributed by atoms with Crippen LogP contribution >= 0.6 is 0 Å². The molecule has 0 saturated carbocycles. The molecule has 50 valence electrons. The number of nitrogen functional groups attached to an aromatic ring is 2. The first-order valence-corrected chi connectivity index (χ1v) is 2.84. The van der Waals surface area contributed by atoms with E-state index in [0.717, 1.165) is 12.0 Å². The predicted octanol–water partition coefficient (Wildman–Crippen LogP) is 0.137. The number of hydrogen-bond acceptors (Lipinski definition) is 3. The van der Waals surface area contributed by atoms with Gasteiger partial charge >= 0.3 is 0 Å². The van der Waals surface area contributed by atoms with Gasteiger partial charge in [0.1, 0.15) is 5.82 Å². The molecule has 0 saturated heterocycles. The summed E-state index contributed by atoms with van der Waals surface area (Å²) in [5.41, 5.74) is 11.8. The normalized spacial score (nSPS) is 9.89. The maximum Gasteiger partial charge on any atom is 0.150 e. The molecule has 1 heterocycles. The van der Waals surface area contributed by atoms with Crippen LogP contribution in [0.3, 0.4) is 0 Å². The minimum Gasteiger partial charge on any atom is -0.384 e. The fraction of sp³-hybridized carbons (Fsp3) is 0.400. The van der Waals surface area contributed by atoms with Gasteiger partial charge in [0.15, 0.2) is 5.82 Å². The smallest absolute Gasteiger partial charge is 0.150 e. The van der Waals surface area contributed by atoms with E-state index < -0.39 is 0 Å². The molecule has 0 amide bonds. The Bertz CT molecular complexity index is 183. The molecule has 4 heteroatoms. The lowest BCUT2D eigenvalue weighted by Crippen LogP contribution is -1.92. The predicted molar refractivity (Wildman–Crippen MR) is 36.8 cm³/mol. The van der Waals surface area contributed by atoms with Gasteiger partial charge in [-0.2, -0.15) is 5.10 Å². The van der Waals surface area contributed by atoms with Gasteiger partial charge in [-0.05, 0) is 6.42 Å². The number of H-pyrrole nitrogens is 1. The van der Waals surface area contributed by atoms with Crippen molar-refractivity contribution in [3.63, 3.8) is 0 Å². The second-order valence-corrected chi connectivity index (χ2v) is 1.85. The van der Waals surface area contributed by atoms with Crippen molar-refractivity contribution in [3.05, 3.63) is 5.56 Å². The van der Waals surface area contributed by atoms with E-state index >= 15 is 0 Å². The molecule has 1 aromatic rings. The van der Waals surface area contributed by atoms with E-state index in [2.05, 4.69) is 10.2 Å². The lowest BCUT2D eigenvalue weighted by molar-refractivity contribution is 1.11. The van der Waals surface area contributed by atoms with Crippen molar-refractivity contribution in [1.82, 2.24) is 10.2 Å². The number of aromatic amines is 1. The first-order chi connectivity index (χ1) is 4.25. The zero-order chi connectivity index (χ0) is 6.85. The topological polar surface area (TPSA) is 80.7 Å². The molecule has 0 aliphatic heterocycles. The number of aromatic nitrogens is 2. The quantitative estimate of drug-likeness (QED) is 0.500. The van der Waals surface area contributed by atoms with Gasteiger partial charge in [-0.3, -0.25) is 5.10 Å². The van der Waals surface area contributed by atoms with Crippen LogP contribution in [0, 0.1) is 0 Å². The third-order valence-corrected chi connectivity index (χ3v) is 1.28. The Balaban J connectivity index is 3.07. The van der Waals surface area contributed by atoms with Gasteiger partial charge in [0.2, 0.25) is 0 Å². The second-order valence-electron chi connectivity index (χ2n) is 1.85. The molecule has 0 radical (unpaired) electrons. The molecule has 4 nitrogen and oxygen atoms in total. The van der Waals surface area contributed by atoms with Crippen molar-refractivity contribution >= 4 is 11.6 Å². The minimum atomic E-state index is 0.509. The summed E-state index contributed by atoms with van der Waals surface area (Å²) in [7, 11) is 0. The summed E-state index contributed by atoms with van der Waals surface area (Å²) in [5.74, 6) is 1.09. The highest BCUT2D eigenvalue weighted by Crippen LogP contribution is 2.14. The van der Waals surface area contributed by atoms with Gasteiger partial charge in [-0.15, -0.1) is 0 Å². The summed E-state index contributed by atoms with van der Waals surface area (Å²) in [5, 5.41) is 6.31. The molecular weight excluding hydrogens is 116 g/mol. The second kappa shape index (κ2) is 1.97. The summed E-state index contributed by atoms with van der Waals surface area (Å²) < 4.78 is 0. The van der Waals surface area contributed by atoms with Crippen molar-refractivity contribution in [2.75, 3.05) is 11.5 Å². The molecule has 0 fully saturated rings. The molecular formula is C5H10N4. The standard InChI is InChI=1S/C5H10N4/c1-2-3-4(6)8-9-5(3)7/h2H2,1H3,(H5,6,7,8,9). The van der Waals surface area contributed by atoms with Crippen molar-refractivity contribution < 1.29 is 0 Å². The lowest BCUT2D eigenvalue weighted by Gasteiger charge is -1.90. The third kappa shape index (κ3) is 0.826. The molecule has 5 N–H and O–H groups in total. The summed E-state index contributed by atoms with van der Waals surface area (Å²) in [6.45, 7) is 1.98. The molecule has 0 aliphatic carbocycles. The Morgan fingerprint density at radius 2 is 2.22 bits per heavy atom. The monoisotopic (exact) mass is 126 g/mol. The first-order valence-electron chi connectivity index (χ1n) is 2.84. The van der Waals surface area contributed by atoms with Crippen molar-refractivity contribution in [1.29, 1.82) is 0 Å². The van der Waals surface area contributed by atoms with Crippen LogP contribution < -0.4 is 11.5 Å². The highest BCUT2D eigenvalue weighted by molar-refractivity contribution is 5.52. The number of nitrogens with two attached hydrogens (primary N) is 2. The van der Waals surface area contributed by atoms with Gasteiger partial charge in [0, 0.05) is 5.56 Å². The van der Waals surface area contributed by atoms with Crippen LogP contribution in [-0.2, 0) is 6.42 Å². The number of hydrogen-bond donors (Lipinski definition) is 3. The Labute approximate surface area is 53.2 Å². The van der Waals surface area contributed by atoms with E-state index in [1.165, 1.54) is 0 Å². The summed E-state index contributed by atoms with van der Waals surface area (Å²) in [6, 6.07) is 0. The maximum atomic E-state index is 5.45. The van der Waals surface area contributed by atoms with E-state index in [9.17, 15) is 0 Å². The Kier molecular flexibility index (Phi) is 1.30. The van der Waals surface area contributed by atoms with E-state index in [1.807, 2.05) is 6.92 Å². The maximum absolute atomic E-state index is 5.45. The summed E-state index contributed by atoms with van der Waals surface area (Å²) >= 11 is 0. The van der Waals surface area contributed by atoms with Gasteiger partial charge in [0.05, 0.1) is 0 Å². The number of anilines is 2. The third-order valence-electron chi connectivity index (χ3n) is 1.28. The highest BCUT2D eigenvalue weighted by atomic mass is 15.2. The van der Waals surface area contributed by atoms with E-state index in [1.54, 1.807) is 0 Å². The van der Waals surface area contributed by atoms with Crippen molar-refractivity contribution in [2.24, 2.45) is 0 Å². The van der Waals surface area contributed by atoms with Crippen LogP contribution in [0.1, 0.15) is 12.5 Å². The average Bonchev–Trinajstić information content (AvgIpc) is 2.12. The van der Waals surface area contributed by atoms with Crippen molar-refractivity contribution in [3.8, 4) is 0 Å². The minimum absolute atomic E-state index is 0.509. The van der Waals surface area contributed by atoms with Crippen LogP contribution in [0.5, 0.6) is 0 Å². The number of rotatable bonds is 1. The molecule has 0 spiro atoms. The van der Waals surface area contributed by atoms with Crippen molar-refractivity contribution in [2.45, 2.75) is 13.3 Å².